The minimum atomic E-state index is -0.423. The molecule has 1 aliphatic rings. The maximum Gasteiger partial charge on any atom is 0.239 e. The molecule has 1 fully saturated rings. The zero-order chi connectivity index (χ0) is 13.8. The number of hydrogen-bond donors (Lipinski definition) is 2. The molecular formula is C14H20N2O3. The van der Waals surface area contributed by atoms with Gasteiger partial charge in [-0.15, -0.1) is 0 Å². The molecule has 1 heterocycles. The van der Waals surface area contributed by atoms with Crippen molar-refractivity contribution >= 4 is 5.91 Å². The number of carbonyl (C=O) groups excluding carboxylic acids is 1. The first kappa shape index (κ1) is 13.8. The molecule has 104 valence electrons. The van der Waals surface area contributed by atoms with E-state index in [1.54, 1.807) is 19.1 Å². The number of carbonyl (C=O) groups is 1. The summed E-state index contributed by atoms with van der Waals surface area (Å²) in [7, 11) is 3.39. The standard InChI is InChI=1S/C14H20N2O3/c1-16(14(18)12-7-11(17)8-15-12)9-10-5-3-4-6-13(10)19-2/h3-6,11-12,15,17H,7-9H2,1-2H3. The molecule has 2 unspecified atom stereocenters. The van der Waals surface area contributed by atoms with Gasteiger partial charge in [0.25, 0.3) is 0 Å². The van der Waals surface area contributed by atoms with Crippen molar-refractivity contribution < 1.29 is 14.6 Å². The number of likely N-dealkylation sites (N-methyl/N-ethyl adjacent to an activating group) is 1. The van der Waals surface area contributed by atoms with Crippen LogP contribution in [0.2, 0.25) is 0 Å². The summed E-state index contributed by atoms with van der Waals surface area (Å²) in [5, 5.41) is 12.5. The molecule has 1 aliphatic heterocycles. The molecule has 0 aliphatic carbocycles. The van der Waals surface area contributed by atoms with Crippen LogP contribution in [0.15, 0.2) is 24.3 Å². The first-order chi connectivity index (χ1) is 9.11. The Morgan fingerprint density at radius 3 is 2.89 bits per heavy atom. The number of ether oxygens (including phenoxy) is 1. The highest BCUT2D eigenvalue weighted by atomic mass is 16.5. The quantitative estimate of drug-likeness (QED) is 0.825. The molecule has 1 aromatic rings. The van der Waals surface area contributed by atoms with Gasteiger partial charge in [0.1, 0.15) is 5.75 Å². The van der Waals surface area contributed by atoms with Gasteiger partial charge in [0, 0.05) is 25.7 Å². The van der Waals surface area contributed by atoms with Crippen LogP contribution in [-0.4, -0.2) is 48.8 Å². The third kappa shape index (κ3) is 3.24. The van der Waals surface area contributed by atoms with Gasteiger partial charge in [0.05, 0.1) is 19.3 Å². The number of nitrogens with zero attached hydrogens (tertiary/aromatic N) is 1. The summed E-state index contributed by atoms with van der Waals surface area (Å²) in [4.78, 5) is 13.9. The second kappa shape index (κ2) is 6.04. The largest absolute Gasteiger partial charge is 0.496 e. The van der Waals surface area contributed by atoms with Crippen LogP contribution >= 0.6 is 0 Å². The van der Waals surface area contributed by atoms with Crippen molar-refractivity contribution in [3.8, 4) is 5.75 Å². The van der Waals surface area contributed by atoms with Gasteiger partial charge in [-0.3, -0.25) is 4.79 Å². The first-order valence-corrected chi connectivity index (χ1v) is 6.40. The lowest BCUT2D eigenvalue weighted by atomic mass is 10.1. The van der Waals surface area contributed by atoms with E-state index in [0.29, 0.717) is 19.5 Å². The fraction of sp³-hybridized carbons (Fsp3) is 0.500. The van der Waals surface area contributed by atoms with Gasteiger partial charge < -0.3 is 20.1 Å². The number of aliphatic hydroxyl groups excluding tert-OH is 1. The summed E-state index contributed by atoms with van der Waals surface area (Å²) < 4.78 is 5.27. The van der Waals surface area contributed by atoms with Crippen LogP contribution in [0.5, 0.6) is 5.75 Å². The smallest absolute Gasteiger partial charge is 0.239 e. The van der Waals surface area contributed by atoms with Gasteiger partial charge in [-0.2, -0.15) is 0 Å². The minimum Gasteiger partial charge on any atom is -0.496 e. The Bertz CT molecular complexity index is 450. The number of hydrogen-bond acceptors (Lipinski definition) is 4. The summed E-state index contributed by atoms with van der Waals surface area (Å²) >= 11 is 0. The second-order valence-electron chi connectivity index (χ2n) is 4.86. The lowest BCUT2D eigenvalue weighted by Crippen LogP contribution is -2.41. The Kier molecular flexibility index (Phi) is 4.39. The van der Waals surface area contributed by atoms with Crippen LogP contribution in [0.4, 0.5) is 0 Å². The van der Waals surface area contributed by atoms with Gasteiger partial charge in [-0.05, 0) is 12.5 Å². The van der Waals surface area contributed by atoms with E-state index in [9.17, 15) is 9.90 Å². The fourth-order valence-electron chi connectivity index (χ4n) is 2.34. The van der Waals surface area contributed by atoms with Crippen LogP contribution in [-0.2, 0) is 11.3 Å². The zero-order valence-corrected chi connectivity index (χ0v) is 11.3. The number of methoxy groups -OCH3 is 1. The average molecular weight is 264 g/mol. The molecule has 2 N–H and O–H groups in total. The first-order valence-electron chi connectivity index (χ1n) is 6.40. The van der Waals surface area contributed by atoms with Gasteiger partial charge in [-0.1, -0.05) is 18.2 Å². The SMILES string of the molecule is COc1ccccc1CN(C)C(=O)C1CC(O)CN1. The monoisotopic (exact) mass is 264 g/mol. The van der Waals surface area contributed by atoms with Gasteiger partial charge in [-0.25, -0.2) is 0 Å². The highest BCUT2D eigenvalue weighted by Crippen LogP contribution is 2.19. The number of rotatable bonds is 4. The topological polar surface area (TPSA) is 61.8 Å². The molecular weight excluding hydrogens is 244 g/mol. The summed E-state index contributed by atoms with van der Waals surface area (Å²) in [5.41, 5.74) is 0.972. The van der Waals surface area contributed by atoms with Crippen LogP contribution < -0.4 is 10.1 Å². The Morgan fingerprint density at radius 1 is 1.53 bits per heavy atom. The molecule has 1 amide bonds. The molecule has 5 heteroatoms. The molecule has 0 aromatic heterocycles. The van der Waals surface area contributed by atoms with E-state index >= 15 is 0 Å². The number of β-amino-alcohol motifs (C(OH)–C–C–N with tert-alkyl or cyclic N) is 1. The normalized spacial score (nSPS) is 22.3. The van der Waals surface area contributed by atoms with Crippen molar-refractivity contribution in [2.24, 2.45) is 0 Å². The van der Waals surface area contributed by atoms with Gasteiger partial charge >= 0.3 is 0 Å². The minimum absolute atomic E-state index is 0.00227. The van der Waals surface area contributed by atoms with Crippen molar-refractivity contribution in [2.45, 2.75) is 25.1 Å². The van der Waals surface area contributed by atoms with Crippen LogP contribution in [0, 0.1) is 0 Å². The number of benzene rings is 1. The number of nitrogens with one attached hydrogen (secondary N) is 1. The number of para-hydroxylation sites is 1. The molecule has 1 aromatic carbocycles. The molecule has 2 rings (SSSR count). The van der Waals surface area contributed by atoms with Crippen molar-refractivity contribution in [3.05, 3.63) is 29.8 Å². The maximum atomic E-state index is 12.2. The lowest BCUT2D eigenvalue weighted by Gasteiger charge is -2.22. The molecule has 19 heavy (non-hydrogen) atoms. The molecule has 5 nitrogen and oxygen atoms in total. The van der Waals surface area contributed by atoms with Crippen molar-refractivity contribution in [2.75, 3.05) is 20.7 Å². The van der Waals surface area contributed by atoms with Crippen LogP contribution in [0.3, 0.4) is 0 Å². The van der Waals surface area contributed by atoms with E-state index in [-0.39, 0.29) is 11.9 Å². The van der Waals surface area contributed by atoms with E-state index < -0.39 is 6.10 Å². The highest BCUT2D eigenvalue weighted by molar-refractivity contribution is 5.82. The highest BCUT2D eigenvalue weighted by Gasteiger charge is 2.30. The Morgan fingerprint density at radius 2 is 2.26 bits per heavy atom. The van der Waals surface area contributed by atoms with Gasteiger partial charge in [0.15, 0.2) is 0 Å². The number of amides is 1. The Balaban J connectivity index is 2.00. The van der Waals surface area contributed by atoms with E-state index in [1.165, 1.54) is 0 Å². The predicted molar refractivity (Wildman–Crippen MR) is 71.9 cm³/mol. The average Bonchev–Trinajstić information content (AvgIpc) is 2.85. The van der Waals surface area contributed by atoms with Crippen molar-refractivity contribution in [1.29, 1.82) is 0 Å². The van der Waals surface area contributed by atoms with E-state index in [2.05, 4.69) is 5.32 Å². The summed E-state index contributed by atoms with van der Waals surface area (Å²) in [5.74, 6) is 0.782. The lowest BCUT2D eigenvalue weighted by molar-refractivity contribution is -0.132. The zero-order valence-electron chi connectivity index (χ0n) is 11.3. The summed E-state index contributed by atoms with van der Waals surface area (Å²) in [6.45, 7) is 0.982. The predicted octanol–water partition coefficient (Wildman–Crippen LogP) is 0.376. The molecule has 0 spiro atoms. The molecule has 0 bridgehead atoms. The second-order valence-corrected chi connectivity index (χ2v) is 4.86. The maximum absolute atomic E-state index is 12.2. The third-order valence-electron chi connectivity index (χ3n) is 3.38. The summed E-state index contributed by atoms with van der Waals surface area (Å²) in [6.07, 6.45) is 0.0587. The number of aliphatic hydroxyl groups is 1. The van der Waals surface area contributed by atoms with E-state index in [4.69, 9.17) is 4.74 Å². The van der Waals surface area contributed by atoms with E-state index in [1.807, 2.05) is 24.3 Å². The molecule has 0 radical (unpaired) electrons. The Hall–Kier alpha value is -1.59. The molecule has 2 atom stereocenters. The fourth-order valence-corrected chi connectivity index (χ4v) is 2.34. The van der Waals surface area contributed by atoms with Gasteiger partial charge in [0.2, 0.25) is 5.91 Å². The Labute approximate surface area is 113 Å². The molecule has 1 saturated heterocycles. The van der Waals surface area contributed by atoms with Crippen molar-refractivity contribution in [1.82, 2.24) is 10.2 Å². The van der Waals surface area contributed by atoms with Crippen LogP contribution in [0.25, 0.3) is 0 Å². The van der Waals surface area contributed by atoms with Crippen LogP contribution in [0.1, 0.15) is 12.0 Å². The van der Waals surface area contributed by atoms with E-state index in [0.717, 1.165) is 11.3 Å². The molecule has 0 saturated carbocycles. The summed E-state index contributed by atoms with van der Waals surface area (Å²) in [6, 6.07) is 7.37. The van der Waals surface area contributed by atoms with Crippen molar-refractivity contribution in [3.63, 3.8) is 0 Å². The third-order valence-corrected chi connectivity index (χ3v) is 3.38.